The van der Waals surface area contributed by atoms with Crippen LogP contribution in [0.5, 0.6) is 0 Å². The van der Waals surface area contributed by atoms with Gasteiger partial charge in [-0.1, -0.05) is 43.2 Å². The van der Waals surface area contributed by atoms with Crippen LogP contribution in [0, 0.1) is 5.92 Å². The SMILES string of the molecule is C[C@@H]1N=C(N2CCN(C(=O)[C@@H](CCCCN3CCCCC3)NC3CCC(CN)CC3)[C@H](C(=O)NCc3ccc(C(N)=O)s3)C2)O[C@H]1c1ccccc1. The van der Waals surface area contributed by atoms with Crippen molar-refractivity contribution in [3.8, 4) is 0 Å². The number of unbranched alkanes of at least 4 members (excludes halogenated alkanes) is 1. The summed E-state index contributed by atoms with van der Waals surface area (Å²) >= 11 is 1.26. The van der Waals surface area contributed by atoms with Gasteiger partial charge in [0.1, 0.15) is 12.1 Å². The maximum atomic E-state index is 14.7. The van der Waals surface area contributed by atoms with Gasteiger partial charge in [-0.3, -0.25) is 14.4 Å². The summed E-state index contributed by atoms with van der Waals surface area (Å²) in [6.07, 6.45) is 10.5. The van der Waals surface area contributed by atoms with Crippen LogP contribution in [0.4, 0.5) is 0 Å². The summed E-state index contributed by atoms with van der Waals surface area (Å²) in [6, 6.07) is 13.1. The number of piperazine rings is 1. The number of hydrogen-bond acceptors (Lipinski definition) is 10. The van der Waals surface area contributed by atoms with E-state index in [2.05, 4.69) is 15.5 Å². The maximum absolute atomic E-state index is 14.7. The first-order chi connectivity index (χ1) is 25.3. The number of amidine groups is 1. The molecule has 1 aromatic carbocycles. The van der Waals surface area contributed by atoms with Gasteiger partial charge < -0.3 is 41.5 Å². The third kappa shape index (κ3) is 9.91. The van der Waals surface area contributed by atoms with E-state index in [-0.39, 0.29) is 49.1 Å². The fourth-order valence-corrected chi connectivity index (χ4v) is 8.97. The third-order valence-electron chi connectivity index (χ3n) is 11.3. The van der Waals surface area contributed by atoms with E-state index in [1.807, 2.05) is 42.2 Å². The Balaban J connectivity index is 1.17. The van der Waals surface area contributed by atoms with Gasteiger partial charge in [-0.2, -0.15) is 0 Å². The molecule has 4 aliphatic rings. The highest BCUT2D eigenvalue weighted by Crippen LogP contribution is 2.31. The number of carbonyl (C=O) groups excluding carboxylic acids is 3. The average molecular weight is 735 g/mol. The van der Waals surface area contributed by atoms with Crippen molar-refractivity contribution < 1.29 is 19.1 Å². The number of rotatable bonds is 14. The van der Waals surface area contributed by atoms with E-state index in [4.69, 9.17) is 21.2 Å². The predicted molar refractivity (Wildman–Crippen MR) is 205 cm³/mol. The lowest BCUT2D eigenvalue weighted by molar-refractivity contribution is -0.145. The zero-order valence-corrected chi connectivity index (χ0v) is 31.5. The molecule has 0 unspecified atom stereocenters. The standard InChI is InChI=1S/C39H58N8O4S/c1-27-35(29-10-4-2-5-11-29)51-39(43-27)46-22-23-47(33(26-46)37(49)42-25-31-17-18-34(52-31)36(41)48)38(50)32(44-30-15-13-28(24-40)14-16-30)12-6-9-21-45-19-7-3-8-20-45/h2,4-5,10-11,17-18,27-28,30,32-33,35,44H,3,6-9,12-16,19-26,40H2,1H3,(H2,41,48)(H,42,49)/t27-,28?,30?,32+,33-,35+/m0/s1. The number of likely N-dealkylation sites (tertiary alicyclic amines) is 1. The van der Waals surface area contributed by atoms with Crippen molar-refractivity contribution >= 4 is 35.1 Å². The molecule has 12 nitrogen and oxygen atoms in total. The topological polar surface area (TPSA) is 159 Å². The molecule has 52 heavy (non-hydrogen) atoms. The Morgan fingerprint density at radius 2 is 1.75 bits per heavy atom. The number of thiophene rings is 1. The van der Waals surface area contributed by atoms with E-state index in [1.54, 1.807) is 17.0 Å². The molecule has 1 aliphatic carbocycles. The van der Waals surface area contributed by atoms with Gasteiger partial charge in [-0.05, 0) is 108 Å². The lowest BCUT2D eigenvalue weighted by Crippen LogP contribution is -2.64. The van der Waals surface area contributed by atoms with Crippen molar-refractivity contribution in [1.82, 2.24) is 25.3 Å². The molecule has 3 aliphatic heterocycles. The lowest BCUT2D eigenvalue weighted by atomic mass is 9.85. The van der Waals surface area contributed by atoms with Crippen LogP contribution in [-0.2, 0) is 20.9 Å². The molecule has 284 valence electrons. The molecule has 3 amide bonds. The summed E-state index contributed by atoms with van der Waals surface area (Å²) in [5.41, 5.74) is 12.5. The number of amides is 3. The molecule has 6 N–H and O–H groups in total. The zero-order chi connectivity index (χ0) is 36.5. The van der Waals surface area contributed by atoms with Crippen molar-refractivity contribution in [1.29, 1.82) is 0 Å². The molecule has 0 radical (unpaired) electrons. The number of benzene rings is 1. The average Bonchev–Trinajstić information content (AvgIpc) is 3.83. The molecular weight excluding hydrogens is 677 g/mol. The molecule has 2 saturated heterocycles. The predicted octanol–water partition coefficient (Wildman–Crippen LogP) is 3.62. The van der Waals surface area contributed by atoms with Gasteiger partial charge >= 0.3 is 0 Å². The number of ether oxygens (including phenoxy) is 1. The second-order valence-corrected chi connectivity index (χ2v) is 16.2. The number of aliphatic imine (C=N–C) groups is 1. The Morgan fingerprint density at radius 3 is 2.46 bits per heavy atom. The highest BCUT2D eigenvalue weighted by atomic mass is 32.1. The number of primary amides is 1. The summed E-state index contributed by atoms with van der Waals surface area (Å²) in [4.78, 5) is 53.0. The molecule has 2 aromatic rings. The van der Waals surface area contributed by atoms with Gasteiger partial charge in [0.05, 0.1) is 30.1 Å². The van der Waals surface area contributed by atoms with Crippen LogP contribution in [0.15, 0.2) is 47.5 Å². The summed E-state index contributed by atoms with van der Waals surface area (Å²) in [7, 11) is 0. The van der Waals surface area contributed by atoms with E-state index in [0.29, 0.717) is 36.5 Å². The van der Waals surface area contributed by atoms with E-state index in [9.17, 15) is 14.4 Å². The number of piperidine rings is 1. The van der Waals surface area contributed by atoms with E-state index < -0.39 is 11.9 Å². The second-order valence-electron chi connectivity index (χ2n) is 15.0. The second kappa shape index (κ2) is 18.5. The zero-order valence-electron chi connectivity index (χ0n) is 30.7. The van der Waals surface area contributed by atoms with Crippen molar-refractivity contribution in [2.75, 3.05) is 45.8 Å². The van der Waals surface area contributed by atoms with Gasteiger partial charge in [0.2, 0.25) is 11.8 Å². The molecular formula is C39H58N8O4S. The minimum atomic E-state index is -0.750. The first kappa shape index (κ1) is 38.2. The molecule has 1 saturated carbocycles. The Kier molecular flexibility index (Phi) is 13.6. The number of nitrogens with one attached hydrogen (secondary N) is 2. The van der Waals surface area contributed by atoms with Gasteiger partial charge in [0, 0.05) is 24.0 Å². The van der Waals surface area contributed by atoms with Crippen LogP contribution in [0.25, 0.3) is 0 Å². The Labute approximate surface area is 312 Å². The molecule has 3 fully saturated rings. The van der Waals surface area contributed by atoms with Crippen molar-refractivity contribution in [3.05, 3.63) is 57.8 Å². The van der Waals surface area contributed by atoms with Crippen molar-refractivity contribution in [2.24, 2.45) is 22.4 Å². The first-order valence-electron chi connectivity index (χ1n) is 19.5. The monoisotopic (exact) mass is 734 g/mol. The molecule has 4 atom stereocenters. The normalized spacial score (nSPS) is 26.0. The lowest BCUT2D eigenvalue weighted by Gasteiger charge is -2.42. The third-order valence-corrected chi connectivity index (χ3v) is 12.4. The summed E-state index contributed by atoms with van der Waals surface area (Å²) in [6.45, 7) is 7.55. The van der Waals surface area contributed by atoms with Crippen LogP contribution >= 0.6 is 11.3 Å². The maximum Gasteiger partial charge on any atom is 0.288 e. The molecule has 4 heterocycles. The van der Waals surface area contributed by atoms with Gasteiger partial charge in [0.15, 0.2) is 0 Å². The van der Waals surface area contributed by atoms with Gasteiger partial charge in [0.25, 0.3) is 11.9 Å². The van der Waals surface area contributed by atoms with Crippen molar-refractivity contribution in [2.45, 2.75) is 108 Å². The Hall–Kier alpha value is -3.52. The fraction of sp³-hybridized carbons (Fsp3) is 0.641. The summed E-state index contributed by atoms with van der Waals surface area (Å²) in [5.74, 6) is -0.208. The van der Waals surface area contributed by atoms with Crippen molar-refractivity contribution in [3.63, 3.8) is 0 Å². The minimum absolute atomic E-state index is 0.0179. The largest absolute Gasteiger partial charge is 0.455 e. The Morgan fingerprint density at radius 1 is 0.981 bits per heavy atom. The van der Waals surface area contributed by atoms with Crippen LogP contribution in [0.2, 0.25) is 0 Å². The number of nitrogens with two attached hydrogens (primary N) is 2. The van der Waals surface area contributed by atoms with Gasteiger partial charge in [-0.15, -0.1) is 11.3 Å². The molecule has 0 spiro atoms. The van der Waals surface area contributed by atoms with Crippen LogP contribution in [0.3, 0.4) is 0 Å². The highest BCUT2D eigenvalue weighted by Gasteiger charge is 2.42. The number of nitrogens with zero attached hydrogens (tertiary/aromatic N) is 4. The van der Waals surface area contributed by atoms with E-state index >= 15 is 0 Å². The minimum Gasteiger partial charge on any atom is -0.455 e. The molecule has 1 aromatic heterocycles. The molecule has 13 heteroatoms. The number of carbonyl (C=O) groups is 3. The van der Waals surface area contributed by atoms with E-state index in [0.717, 1.165) is 61.9 Å². The number of hydrogen-bond donors (Lipinski definition) is 4. The van der Waals surface area contributed by atoms with Crippen LogP contribution in [0.1, 0.15) is 97.3 Å². The summed E-state index contributed by atoms with van der Waals surface area (Å²) < 4.78 is 6.43. The fourth-order valence-electron chi connectivity index (χ4n) is 8.17. The first-order valence-corrected chi connectivity index (χ1v) is 20.3. The van der Waals surface area contributed by atoms with Crippen LogP contribution in [-0.4, -0.2) is 108 Å². The Bertz CT molecular complexity index is 1510. The molecule has 0 bridgehead atoms. The van der Waals surface area contributed by atoms with Gasteiger partial charge in [-0.25, -0.2) is 4.99 Å². The summed E-state index contributed by atoms with van der Waals surface area (Å²) in [5, 5.41) is 6.84. The van der Waals surface area contributed by atoms with E-state index in [1.165, 1.54) is 43.7 Å². The van der Waals surface area contributed by atoms with Crippen LogP contribution < -0.4 is 22.1 Å². The molecule has 6 rings (SSSR count). The smallest absolute Gasteiger partial charge is 0.288 e. The quantitative estimate of drug-likeness (QED) is 0.215. The highest BCUT2D eigenvalue weighted by molar-refractivity contribution is 7.14.